The Morgan fingerprint density at radius 2 is 2.31 bits per heavy atom. The number of nitrogens with one attached hydrogen (secondary N) is 1. The fraction of sp³-hybridized carbons (Fsp3) is 0.700. The Bertz CT molecular complexity index is 361. The van der Waals surface area contributed by atoms with Gasteiger partial charge >= 0.3 is 5.00 Å². The fourth-order valence-electron chi connectivity index (χ4n) is 2.11. The predicted molar refractivity (Wildman–Crippen MR) is 63.8 cm³/mol. The van der Waals surface area contributed by atoms with Crippen molar-refractivity contribution < 1.29 is 4.92 Å². The first-order valence-electron chi connectivity index (χ1n) is 5.60. The SMILES string of the molecule is O=[N+]([O-])c1cnc(NCCC2CCCC2)s1. The molecule has 1 N–H and O–H groups in total. The Morgan fingerprint density at radius 1 is 1.56 bits per heavy atom. The molecule has 1 aliphatic rings. The molecule has 5 nitrogen and oxygen atoms in total. The van der Waals surface area contributed by atoms with Gasteiger partial charge in [-0.25, -0.2) is 4.98 Å². The Kier molecular flexibility index (Phi) is 3.71. The molecule has 0 radical (unpaired) electrons. The minimum Gasteiger partial charge on any atom is -0.361 e. The van der Waals surface area contributed by atoms with Crippen LogP contribution < -0.4 is 5.32 Å². The molecule has 1 aliphatic carbocycles. The van der Waals surface area contributed by atoms with E-state index in [0.29, 0.717) is 5.13 Å². The Morgan fingerprint density at radius 3 is 2.94 bits per heavy atom. The Balaban J connectivity index is 1.74. The maximum Gasteiger partial charge on any atom is 0.345 e. The zero-order valence-corrected chi connectivity index (χ0v) is 9.83. The van der Waals surface area contributed by atoms with E-state index < -0.39 is 4.92 Å². The van der Waals surface area contributed by atoms with Crippen molar-refractivity contribution in [3.8, 4) is 0 Å². The van der Waals surface area contributed by atoms with E-state index in [1.807, 2.05) is 0 Å². The smallest absolute Gasteiger partial charge is 0.345 e. The molecule has 0 bridgehead atoms. The van der Waals surface area contributed by atoms with E-state index in [-0.39, 0.29) is 5.00 Å². The van der Waals surface area contributed by atoms with E-state index in [2.05, 4.69) is 10.3 Å². The van der Waals surface area contributed by atoms with Crippen molar-refractivity contribution in [1.82, 2.24) is 4.98 Å². The zero-order valence-electron chi connectivity index (χ0n) is 9.02. The second-order valence-electron chi connectivity index (χ2n) is 4.13. The van der Waals surface area contributed by atoms with Crippen LogP contribution in [0.15, 0.2) is 6.20 Å². The lowest BCUT2D eigenvalue weighted by molar-refractivity contribution is -0.380. The number of hydrogen-bond donors (Lipinski definition) is 1. The third-order valence-corrected chi connectivity index (χ3v) is 3.88. The number of rotatable bonds is 5. The van der Waals surface area contributed by atoms with Crippen molar-refractivity contribution in [3.05, 3.63) is 16.3 Å². The fourth-order valence-corrected chi connectivity index (χ4v) is 2.77. The highest BCUT2D eigenvalue weighted by Gasteiger charge is 2.15. The lowest BCUT2D eigenvalue weighted by Gasteiger charge is -2.08. The van der Waals surface area contributed by atoms with Gasteiger partial charge in [0.05, 0.1) is 4.92 Å². The second-order valence-corrected chi connectivity index (χ2v) is 5.14. The first-order valence-corrected chi connectivity index (χ1v) is 6.41. The van der Waals surface area contributed by atoms with Crippen LogP contribution in [0, 0.1) is 16.0 Å². The predicted octanol–water partition coefficient (Wildman–Crippen LogP) is 3.04. The highest BCUT2D eigenvalue weighted by atomic mass is 32.1. The number of thiazole rings is 1. The Hall–Kier alpha value is -1.17. The summed E-state index contributed by atoms with van der Waals surface area (Å²) in [7, 11) is 0. The van der Waals surface area contributed by atoms with E-state index in [0.717, 1.165) is 30.2 Å². The molecule has 0 unspecified atom stereocenters. The quantitative estimate of drug-likeness (QED) is 0.635. The van der Waals surface area contributed by atoms with Crippen molar-refractivity contribution in [2.75, 3.05) is 11.9 Å². The molecule has 1 aromatic rings. The van der Waals surface area contributed by atoms with Gasteiger partial charge in [0.1, 0.15) is 6.20 Å². The summed E-state index contributed by atoms with van der Waals surface area (Å²) in [6.07, 6.45) is 7.83. The van der Waals surface area contributed by atoms with Crippen molar-refractivity contribution in [2.24, 2.45) is 5.92 Å². The number of nitro groups is 1. The van der Waals surface area contributed by atoms with Crippen LogP contribution in [-0.2, 0) is 0 Å². The summed E-state index contributed by atoms with van der Waals surface area (Å²) in [5, 5.41) is 14.4. The van der Waals surface area contributed by atoms with Crippen LogP contribution in [0.1, 0.15) is 32.1 Å². The minimum absolute atomic E-state index is 0.100. The maximum absolute atomic E-state index is 10.4. The summed E-state index contributed by atoms with van der Waals surface area (Å²) in [5.41, 5.74) is 0. The molecule has 0 amide bonds. The molecule has 1 aromatic heterocycles. The largest absolute Gasteiger partial charge is 0.361 e. The minimum atomic E-state index is -0.403. The van der Waals surface area contributed by atoms with Crippen molar-refractivity contribution in [1.29, 1.82) is 0 Å². The molecule has 2 rings (SSSR count). The molecule has 0 aromatic carbocycles. The van der Waals surface area contributed by atoms with Crippen molar-refractivity contribution in [3.63, 3.8) is 0 Å². The average molecular weight is 241 g/mol. The molecule has 0 atom stereocenters. The topological polar surface area (TPSA) is 68.1 Å². The maximum atomic E-state index is 10.4. The summed E-state index contributed by atoms with van der Waals surface area (Å²) in [5.74, 6) is 0.836. The second kappa shape index (κ2) is 5.25. The van der Waals surface area contributed by atoms with Gasteiger partial charge < -0.3 is 5.32 Å². The van der Waals surface area contributed by atoms with Crippen LogP contribution in [0.4, 0.5) is 10.1 Å². The van der Waals surface area contributed by atoms with Gasteiger partial charge in [0.15, 0.2) is 5.13 Å². The van der Waals surface area contributed by atoms with Gasteiger partial charge in [-0.3, -0.25) is 10.1 Å². The highest BCUT2D eigenvalue weighted by Crippen LogP contribution is 2.28. The molecule has 1 saturated carbocycles. The molecule has 16 heavy (non-hydrogen) atoms. The third kappa shape index (κ3) is 2.91. The van der Waals surface area contributed by atoms with Crippen LogP contribution in [0.5, 0.6) is 0 Å². The van der Waals surface area contributed by atoms with E-state index in [1.54, 1.807) is 0 Å². The van der Waals surface area contributed by atoms with Gasteiger partial charge in [0.25, 0.3) is 0 Å². The lowest BCUT2D eigenvalue weighted by Crippen LogP contribution is -2.06. The first kappa shape index (κ1) is 11.3. The summed E-state index contributed by atoms with van der Waals surface area (Å²) in [6, 6.07) is 0. The average Bonchev–Trinajstić information content (AvgIpc) is 2.87. The summed E-state index contributed by atoms with van der Waals surface area (Å²) in [6.45, 7) is 0.870. The normalized spacial score (nSPS) is 16.5. The van der Waals surface area contributed by atoms with Crippen molar-refractivity contribution in [2.45, 2.75) is 32.1 Å². The van der Waals surface area contributed by atoms with Gasteiger partial charge in [-0.05, 0) is 23.7 Å². The van der Waals surface area contributed by atoms with Crippen molar-refractivity contribution >= 4 is 21.5 Å². The Labute approximate surface area is 98.0 Å². The number of anilines is 1. The lowest BCUT2D eigenvalue weighted by atomic mass is 10.0. The molecule has 0 spiro atoms. The third-order valence-electron chi connectivity index (χ3n) is 2.98. The van der Waals surface area contributed by atoms with Crippen LogP contribution in [0.2, 0.25) is 0 Å². The zero-order chi connectivity index (χ0) is 11.4. The van der Waals surface area contributed by atoms with E-state index in [9.17, 15) is 10.1 Å². The van der Waals surface area contributed by atoms with E-state index >= 15 is 0 Å². The van der Waals surface area contributed by atoms with Gasteiger partial charge in [0, 0.05) is 6.54 Å². The van der Waals surface area contributed by atoms with Gasteiger partial charge in [-0.15, -0.1) is 0 Å². The van der Waals surface area contributed by atoms with Gasteiger partial charge in [-0.2, -0.15) is 0 Å². The number of hydrogen-bond acceptors (Lipinski definition) is 5. The molecule has 0 saturated heterocycles. The number of nitrogens with zero attached hydrogens (tertiary/aromatic N) is 2. The summed E-state index contributed by atoms with van der Waals surface area (Å²) < 4.78 is 0. The molecule has 88 valence electrons. The number of aromatic nitrogens is 1. The molecular weight excluding hydrogens is 226 g/mol. The first-order chi connectivity index (χ1) is 7.75. The molecule has 1 fully saturated rings. The van der Waals surface area contributed by atoms with E-state index in [1.165, 1.54) is 31.9 Å². The molecular formula is C10H15N3O2S. The van der Waals surface area contributed by atoms with Crippen LogP contribution >= 0.6 is 11.3 Å². The monoisotopic (exact) mass is 241 g/mol. The summed E-state index contributed by atoms with van der Waals surface area (Å²) >= 11 is 1.10. The van der Waals surface area contributed by atoms with Gasteiger partial charge in [-0.1, -0.05) is 25.7 Å². The standard InChI is InChI=1S/C10H15N3O2S/c14-13(15)9-7-12-10(16-9)11-6-5-8-3-1-2-4-8/h7-8H,1-6H2,(H,11,12). The van der Waals surface area contributed by atoms with Crippen LogP contribution in [0.25, 0.3) is 0 Å². The van der Waals surface area contributed by atoms with E-state index in [4.69, 9.17) is 0 Å². The molecule has 1 heterocycles. The van der Waals surface area contributed by atoms with Crippen LogP contribution in [0.3, 0.4) is 0 Å². The van der Waals surface area contributed by atoms with Crippen LogP contribution in [-0.4, -0.2) is 16.5 Å². The molecule has 6 heteroatoms. The summed E-state index contributed by atoms with van der Waals surface area (Å²) in [4.78, 5) is 14.0. The molecule has 0 aliphatic heterocycles. The van der Waals surface area contributed by atoms with Gasteiger partial charge in [0.2, 0.25) is 0 Å². The highest BCUT2D eigenvalue weighted by molar-refractivity contribution is 7.18.